The van der Waals surface area contributed by atoms with Crippen LogP contribution in [0.5, 0.6) is 0 Å². The molecule has 0 aromatic carbocycles. The topological polar surface area (TPSA) is 55.8 Å². The van der Waals surface area contributed by atoms with E-state index in [9.17, 15) is 9.59 Å². The molecule has 1 aliphatic rings. The molecule has 1 aliphatic heterocycles. The van der Waals surface area contributed by atoms with Crippen molar-refractivity contribution >= 4 is 11.9 Å². The number of hydrogen-bond donors (Lipinski definition) is 0. The van der Waals surface area contributed by atoms with E-state index in [4.69, 9.17) is 4.74 Å². The third-order valence-electron chi connectivity index (χ3n) is 2.90. The molecule has 5 heteroatoms. The van der Waals surface area contributed by atoms with Crippen molar-refractivity contribution in [3.05, 3.63) is 0 Å². The predicted molar refractivity (Wildman–Crippen MR) is 57.8 cm³/mol. The average molecular weight is 229 g/mol. The number of methoxy groups -OCH3 is 2. The van der Waals surface area contributed by atoms with Gasteiger partial charge in [0.25, 0.3) is 0 Å². The molecule has 0 N–H and O–H groups in total. The van der Waals surface area contributed by atoms with Crippen LogP contribution in [0.25, 0.3) is 0 Å². The second kappa shape index (κ2) is 6.48. The minimum absolute atomic E-state index is 0.0450. The van der Waals surface area contributed by atoms with Crippen molar-refractivity contribution in [3.8, 4) is 0 Å². The molecule has 0 aliphatic carbocycles. The van der Waals surface area contributed by atoms with Crippen molar-refractivity contribution in [1.29, 1.82) is 0 Å². The highest BCUT2D eigenvalue weighted by molar-refractivity contribution is 5.72. The van der Waals surface area contributed by atoms with Crippen LogP contribution >= 0.6 is 0 Å². The first-order valence-corrected chi connectivity index (χ1v) is 5.54. The summed E-state index contributed by atoms with van der Waals surface area (Å²) in [5, 5.41) is 0. The molecular weight excluding hydrogens is 210 g/mol. The number of ether oxygens (including phenoxy) is 2. The number of rotatable bonds is 4. The van der Waals surface area contributed by atoms with E-state index < -0.39 is 0 Å². The summed E-state index contributed by atoms with van der Waals surface area (Å²) in [4.78, 5) is 24.5. The molecule has 1 saturated heterocycles. The Kier molecular flexibility index (Phi) is 5.25. The monoisotopic (exact) mass is 229 g/mol. The molecule has 5 nitrogen and oxygen atoms in total. The van der Waals surface area contributed by atoms with E-state index in [1.807, 2.05) is 0 Å². The van der Waals surface area contributed by atoms with Crippen molar-refractivity contribution in [2.45, 2.75) is 19.3 Å². The molecule has 92 valence electrons. The van der Waals surface area contributed by atoms with Crippen LogP contribution in [0.3, 0.4) is 0 Å². The molecule has 0 spiro atoms. The van der Waals surface area contributed by atoms with Gasteiger partial charge in [-0.1, -0.05) is 0 Å². The fraction of sp³-hybridized carbons (Fsp3) is 0.818. The summed E-state index contributed by atoms with van der Waals surface area (Å²) in [6, 6.07) is 0. The maximum absolute atomic E-state index is 11.4. The summed E-state index contributed by atoms with van der Waals surface area (Å²) in [5.74, 6) is -0.403. The van der Waals surface area contributed by atoms with Crippen LogP contribution in [-0.4, -0.2) is 50.7 Å². The lowest BCUT2D eigenvalue weighted by molar-refractivity contribution is -0.147. The zero-order valence-electron chi connectivity index (χ0n) is 9.90. The number of nitrogens with zero attached hydrogens (tertiary/aromatic N) is 1. The summed E-state index contributed by atoms with van der Waals surface area (Å²) >= 11 is 0. The van der Waals surface area contributed by atoms with E-state index in [2.05, 4.69) is 9.64 Å². The van der Waals surface area contributed by atoms with Crippen molar-refractivity contribution in [2.24, 2.45) is 5.92 Å². The minimum Gasteiger partial charge on any atom is -0.469 e. The fourth-order valence-electron chi connectivity index (χ4n) is 1.97. The van der Waals surface area contributed by atoms with Crippen LogP contribution in [0.2, 0.25) is 0 Å². The van der Waals surface area contributed by atoms with Gasteiger partial charge in [-0.05, 0) is 19.4 Å². The van der Waals surface area contributed by atoms with Gasteiger partial charge in [-0.25, -0.2) is 0 Å². The first-order valence-electron chi connectivity index (χ1n) is 5.54. The maximum Gasteiger partial charge on any atom is 0.309 e. The number of esters is 2. The van der Waals surface area contributed by atoms with E-state index in [0.29, 0.717) is 19.5 Å². The lowest BCUT2D eigenvalue weighted by atomic mass is 9.98. The molecule has 0 bridgehead atoms. The zero-order chi connectivity index (χ0) is 12.0. The highest BCUT2D eigenvalue weighted by Crippen LogP contribution is 2.17. The first kappa shape index (κ1) is 13.0. The van der Waals surface area contributed by atoms with Gasteiger partial charge in [0, 0.05) is 13.1 Å². The quantitative estimate of drug-likeness (QED) is 0.654. The summed E-state index contributed by atoms with van der Waals surface area (Å²) in [6.07, 6.45) is 2.23. The Balaban J connectivity index is 2.33. The second-order valence-electron chi connectivity index (χ2n) is 3.99. The van der Waals surface area contributed by atoms with Gasteiger partial charge in [0.1, 0.15) is 0 Å². The van der Waals surface area contributed by atoms with Gasteiger partial charge in [-0.2, -0.15) is 0 Å². The summed E-state index contributed by atoms with van der Waals surface area (Å²) in [6.45, 7) is 2.27. The Hall–Kier alpha value is -1.10. The highest BCUT2D eigenvalue weighted by Gasteiger charge is 2.26. The molecular formula is C11H19NO4. The molecule has 1 heterocycles. The molecule has 1 atom stereocenters. The number of likely N-dealkylation sites (tertiary alicyclic amines) is 1. The number of hydrogen-bond acceptors (Lipinski definition) is 5. The Labute approximate surface area is 95.7 Å². The van der Waals surface area contributed by atoms with E-state index >= 15 is 0 Å². The highest BCUT2D eigenvalue weighted by atomic mass is 16.5. The van der Waals surface area contributed by atoms with Crippen LogP contribution < -0.4 is 0 Å². The first-order chi connectivity index (χ1) is 7.67. The lowest BCUT2D eigenvalue weighted by Crippen LogP contribution is -2.40. The molecule has 16 heavy (non-hydrogen) atoms. The molecule has 1 rings (SSSR count). The van der Waals surface area contributed by atoms with E-state index in [1.165, 1.54) is 14.2 Å². The van der Waals surface area contributed by atoms with Gasteiger partial charge in [-0.3, -0.25) is 9.59 Å². The Morgan fingerprint density at radius 1 is 1.31 bits per heavy atom. The second-order valence-corrected chi connectivity index (χ2v) is 3.99. The predicted octanol–water partition coefficient (Wildman–Crippen LogP) is 0.434. The number of carbonyl (C=O) groups excluding carboxylic acids is 2. The van der Waals surface area contributed by atoms with Crippen LogP contribution in [-0.2, 0) is 19.1 Å². The third-order valence-corrected chi connectivity index (χ3v) is 2.90. The Morgan fingerprint density at radius 2 is 2.06 bits per heavy atom. The largest absolute Gasteiger partial charge is 0.469 e. The summed E-state index contributed by atoms with van der Waals surface area (Å²) < 4.78 is 9.31. The van der Waals surface area contributed by atoms with E-state index in [1.54, 1.807) is 0 Å². The molecule has 0 radical (unpaired) electrons. The molecule has 1 unspecified atom stereocenters. The Morgan fingerprint density at radius 3 is 2.69 bits per heavy atom. The van der Waals surface area contributed by atoms with Crippen molar-refractivity contribution < 1.29 is 19.1 Å². The van der Waals surface area contributed by atoms with Gasteiger partial charge in [0.05, 0.1) is 26.6 Å². The van der Waals surface area contributed by atoms with Gasteiger partial charge < -0.3 is 14.4 Å². The van der Waals surface area contributed by atoms with Crippen molar-refractivity contribution in [2.75, 3.05) is 33.9 Å². The summed E-state index contributed by atoms with van der Waals surface area (Å²) in [5.41, 5.74) is 0. The van der Waals surface area contributed by atoms with Crippen LogP contribution in [0, 0.1) is 5.92 Å². The Bertz CT molecular complexity index is 254. The van der Waals surface area contributed by atoms with Crippen molar-refractivity contribution in [1.82, 2.24) is 4.90 Å². The van der Waals surface area contributed by atoms with Crippen LogP contribution in [0.15, 0.2) is 0 Å². The van der Waals surface area contributed by atoms with Gasteiger partial charge >= 0.3 is 11.9 Å². The molecule has 0 aromatic heterocycles. The lowest BCUT2D eigenvalue weighted by Gasteiger charge is -2.30. The van der Waals surface area contributed by atoms with Gasteiger partial charge in [0.15, 0.2) is 0 Å². The van der Waals surface area contributed by atoms with Crippen LogP contribution in [0.4, 0.5) is 0 Å². The molecule has 1 fully saturated rings. The van der Waals surface area contributed by atoms with E-state index in [-0.39, 0.29) is 17.9 Å². The number of carbonyl (C=O) groups is 2. The number of piperidine rings is 1. The van der Waals surface area contributed by atoms with E-state index in [0.717, 1.165) is 19.4 Å². The van der Waals surface area contributed by atoms with Gasteiger partial charge in [-0.15, -0.1) is 0 Å². The fourth-order valence-corrected chi connectivity index (χ4v) is 1.97. The minimum atomic E-state index is -0.208. The van der Waals surface area contributed by atoms with Crippen molar-refractivity contribution in [3.63, 3.8) is 0 Å². The molecule has 0 aromatic rings. The summed E-state index contributed by atoms with van der Waals surface area (Å²) in [7, 11) is 2.80. The van der Waals surface area contributed by atoms with Crippen LogP contribution in [0.1, 0.15) is 19.3 Å². The molecule has 0 amide bonds. The third kappa shape index (κ3) is 3.81. The smallest absolute Gasteiger partial charge is 0.309 e. The maximum atomic E-state index is 11.4. The normalized spacial score (nSPS) is 21.5. The molecule has 0 saturated carbocycles. The SMILES string of the molecule is COC(=O)CCN1CCCC(C(=O)OC)C1. The van der Waals surface area contributed by atoms with Gasteiger partial charge in [0.2, 0.25) is 0 Å². The average Bonchev–Trinajstić information content (AvgIpc) is 2.35. The zero-order valence-corrected chi connectivity index (χ0v) is 9.90. The standard InChI is InChI=1S/C11H19NO4/c1-15-10(13)5-7-12-6-3-4-9(8-12)11(14)16-2/h9H,3-8H2,1-2H3.